The fourth-order valence-corrected chi connectivity index (χ4v) is 2.39. The summed E-state index contributed by atoms with van der Waals surface area (Å²) >= 11 is 0. The summed E-state index contributed by atoms with van der Waals surface area (Å²) in [6, 6.07) is 4.04. The number of nitrogens with one attached hydrogen (secondary N) is 1. The molecule has 1 fully saturated rings. The summed E-state index contributed by atoms with van der Waals surface area (Å²) in [5.74, 6) is 0.880. The van der Waals surface area contributed by atoms with Crippen molar-refractivity contribution >= 4 is 5.82 Å². The summed E-state index contributed by atoms with van der Waals surface area (Å²) < 4.78 is 10.9. The van der Waals surface area contributed by atoms with Crippen molar-refractivity contribution in [2.24, 2.45) is 0 Å². The van der Waals surface area contributed by atoms with Crippen molar-refractivity contribution in [3.63, 3.8) is 0 Å². The normalized spacial score (nSPS) is 22.4. The maximum absolute atomic E-state index is 5.43. The summed E-state index contributed by atoms with van der Waals surface area (Å²) in [6.07, 6.45) is 1.30. The molecule has 1 aliphatic rings. The second-order valence-corrected chi connectivity index (χ2v) is 5.01. The number of aromatic nitrogens is 2. The lowest BCUT2D eigenvalue weighted by Gasteiger charge is -2.16. The Morgan fingerprint density at radius 2 is 1.90 bits per heavy atom. The van der Waals surface area contributed by atoms with Crippen molar-refractivity contribution in [2.45, 2.75) is 32.1 Å². The summed E-state index contributed by atoms with van der Waals surface area (Å²) in [5.41, 5.74) is 0.966. The Labute approximate surface area is 120 Å². The lowest BCUT2D eigenvalue weighted by atomic mass is 10.3. The van der Waals surface area contributed by atoms with Crippen molar-refractivity contribution < 1.29 is 9.47 Å². The molecule has 0 amide bonds. The predicted octanol–water partition coefficient (Wildman–Crippen LogP) is 0.826. The van der Waals surface area contributed by atoms with Gasteiger partial charge < -0.3 is 19.7 Å². The van der Waals surface area contributed by atoms with Gasteiger partial charge in [0.15, 0.2) is 5.82 Å². The van der Waals surface area contributed by atoms with Crippen LogP contribution in [0.4, 0.5) is 5.82 Å². The standard InChI is InChI=1S/C14H24N4O2/c1-4-7-15-8-11-5-6-14(17-16-11)18-9-12(19-2)13(10-18)20-3/h5-6,12-13,15H,4,7-10H2,1-3H3. The minimum atomic E-state index is 0.0905. The number of anilines is 1. The quantitative estimate of drug-likeness (QED) is 0.747. The van der Waals surface area contributed by atoms with E-state index in [1.165, 1.54) is 0 Å². The lowest BCUT2D eigenvalue weighted by molar-refractivity contribution is -0.00461. The van der Waals surface area contributed by atoms with Gasteiger partial charge in [-0.3, -0.25) is 0 Å². The third-order valence-electron chi connectivity index (χ3n) is 3.58. The molecular formula is C14H24N4O2. The van der Waals surface area contributed by atoms with Crippen LogP contribution in [-0.2, 0) is 16.0 Å². The molecule has 1 N–H and O–H groups in total. The van der Waals surface area contributed by atoms with Crippen LogP contribution in [0.15, 0.2) is 12.1 Å². The van der Waals surface area contributed by atoms with Crippen molar-refractivity contribution in [3.8, 4) is 0 Å². The molecule has 2 atom stereocenters. The number of methoxy groups -OCH3 is 2. The molecule has 1 aliphatic heterocycles. The minimum Gasteiger partial charge on any atom is -0.377 e. The number of hydrogen-bond acceptors (Lipinski definition) is 6. The molecule has 0 bridgehead atoms. The highest BCUT2D eigenvalue weighted by molar-refractivity contribution is 5.39. The van der Waals surface area contributed by atoms with Crippen LogP contribution < -0.4 is 10.2 Å². The average molecular weight is 280 g/mol. The largest absolute Gasteiger partial charge is 0.377 e. The molecule has 2 unspecified atom stereocenters. The van der Waals surface area contributed by atoms with E-state index in [0.717, 1.165) is 44.1 Å². The number of ether oxygens (including phenoxy) is 2. The van der Waals surface area contributed by atoms with Crippen LogP contribution in [0.25, 0.3) is 0 Å². The molecule has 1 aromatic rings. The van der Waals surface area contributed by atoms with Gasteiger partial charge in [0.05, 0.1) is 5.69 Å². The van der Waals surface area contributed by atoms with Gasteiger partial charge in [-0.05, 0) is 25.1 Å². The number of rotatable bonds is 7. The Bertz CT molecular complexity index is 387. The molecule has 1 saturated heterocycles. The zero-order valence-corrected chi connectivity index (χ0v) is 12.5. The van der Waals surface area contributed by atoms with Gasteiger partial charge >= 0.3 is 0 Å². The van der Waals surface area contributed by atoms with Crippen LogP contribution in [0.3, 0.4) is 0 Å². The molecule has 0 aromatic carbocycles. The van der Waals surface area contributed by atoms with Crippen molar-refractivity contribution in [3.05, 3.63) is 17.8 Å². The van der Waals surface area contributed by atoms with Gasteiger partial charge in [0.2, 0.25) is 0 Å². The third-order valence-corrected chi connectivity index (χ3v) is 3.58. The molecule has 112 valence electrons. The van der Waals surface area contributed by atoms with E-state index >= 15 is 0 Å². The first-order chi connectivity index (χ1) is 9.78. The van der Waals surface area contributed by atoms with Crippen LogP contribution in [0.5, 0.6) is 0 Å². The highest BCUT2D eigenvalue weighted by atomic mass is 16.5. The number of nitrogens with zero attached hydrogens (tertiary/aromatic N) is 3. The monoisotopic (exact) mass is 280 g/mol. The van der Waals surface area contributed by atoms with Gasteiger partial charge in [0.25, 0.3) is 0 Å². The van der Waals surface area contributed by atoms with E-state index in [4.69, 9.17) is 9.47 Å². The van der Waals surface area contributed by atoms with Crippen LogP contribution in [0.2, 0.25) is 0 Å². The first kappa shape index (κ1) is 15.2. The first-order valence-corrected chi connectivity index (χ1v) is 7.12. The molecule has 0 spiro atoms. The second kappa shape index (κ2) is 7.52. The van der Waals surface area contributed by atoms with E-state index in [9.17, 15) is 0 Å². The van der Waals surface area contributed by atoms with E-state index in [-0.39, 0.29) is 12.2 Å². The fourth-order valence-electron chi connectivity index (χ4n) is 2.39. The summed E-state index contributed by atoms with van der Waals surface area (Å²) in [6.45, 7) is 5.49. The molecule has 2 heterocycles. The van der Waals surface area contributed by atoms with E-state index in [2.05, 4.69) is 27.3 Å². The van der Waals surface area contributed by atoms with Gasteiger partial charge in [-0.1, -0.05) is 6.92 Å². The Balaban J connectivity index is 1.93. The van der Waals surface area contributed by atoms with Crippen molar-refractivity contribution in [2.75, 3.05) is 38.8 Å². The molecule has 20 heavy (non-hydrogen) atoms. The molecule has 0 radical (unpaired) electrons. The SMILES string of the molecule is CCCNCc1ccc(N2CC(OC)C(OC)C2)nn1. The smallest absolute Gasteiger partial charge is 0.151 e. The molecule has 2 rings (SSSR count). The third kappa shape index (κ3) is 3.65. The van der Waals surface area contributed by atoms with Gasteiger partial charge in [-0.15, -0.1) is 5.10 Å². The van der Waals surface area contributed by atoms with E-state index in [1.54, 1.807) is 14.2 Å². The Morgan fingerprint density at radius 1 is 1.20 bits per heavy atom. The predicted molar refractivity (Wildman–Crippen MR) is 77.8 cm³/mol. The maximum Gasteiger partial charge on any atom is 0.151 e. The minimum absolute atomic E-state index is 0.0905. The van der Waals surface area contributed by atoms with Gasteiger partial charge in [0, 0.05) is 33.9 Å². The summed E-state index contributed by atoms with van der Waals surface area (Å²) in [5, 5.41) is 11.9. The molecule has 6 heteroatoms. The van der Waals surface area contributed by atoms with Crippen LogP contribution >= 0.6 is 0 Å². The Hall–Kier alpha value is -1.24. The molecule has 1 aromatic heterocycles. The molecule has 0 aliphatic carbocycles. The fraction of sp³-hybridized carbons (Fsp3) is 0.714. The Morgan fingerprint density at radius 3 is 2.40 bits per heavy atom. The summed E-state index contributed by atoms with van der Waals surface area (Å²) in [4.78, 5) is 2.15. The van der Waals surface area contributed by atoms with Gasteiger partial charge in [-0.25, -0.2) is 0 Å². The highest BCUT2D eigenvalue weighted by Gasteiger charge is 2.33. The zero-order chi connectivity index (χ0) is 14.4. The van der Waals surface area contributed by atoms with E-state index in [1.807, 2.05) is 12.1 Å². The van der Waals surface area contributed by atoms with E-state index < -0.39 is 0 Å². The molecule has 6 nitrogen and oxygen atoms in total. The van der Waals surface area contributed by atoms with Crippen molar-refractivity contribution in [1.29, 1.82) is 0 Å². The highest BCUT2D eigenvalue weighted by Crippen LogP contribution is 2.21. The van der Waals surface area contributed by atoms with Gasteiger partial charge in [0.1, 0.15) is 12.2 Å². The maximum atomic E-state index is 5.43. The van der Waals surface area contributed by atoms with Gasteiger partial charge in [-0.2, -0.15) is 5.10 Å². The zero-order valence-electron chi connectivity index (χ0n) is 12.5. The van der Waals surface area contributed by atoms with Crippen molar-refractivity contribution in [1.82, 2.24) is 15.5 Å². The lowest BCUT2D eigenvalue weighted by Crippen LogP contribution is -2.27. The Kier molecular flexibility index (Phi) is 5.70. The summed E-state index contributed by atoms with van der Waals surface area (Å²) in [7, 11) is 3.43. The number of hydrogen-bond donors (Lipinski definition) is 1. The topological polar surface area (TPSA) is 59.5 Å². The van der Waals surface area contributed by atoms with Crippen LogP contribution in [0, 0.1) is 0 Å². The van der Waals surface area contributed by atoms with Crippen LogP contribution in [-0.4, -0.2) is 56.3 Å². The van der Waals surface area contributed by atoms with E-state index in [0.29, 0.717) is 0 Å². The second-order valence-electron chi connectivity index (χ2n) is 5.01. The van der Waals surface area contributed by atoms with Crippen LogP contribution in [0.1, 0.15) is 19.0 Å². The first-order valence-electron chi connectivity index (χ1n) is 7.12. The molecular weight excluding hydrogens is 256 g/mol. The average Bonchev–Trinajstić information content (AvgIpc) is 2.91. The molecule has 0 saturated carbocycles.